The third-order valence-corrected chi connectivity index (χ3v) is 1.98. The van der Waals surface area contributed by atoms with Crippen molar-refractivity contribution in [3.8, 4) is 0 Å². The number of benzene rings is 1. The number of carboxylic acids is 1. The first kappa shape index (κ1) is 10.5. The molecule has 14 heavy (non-hydrogen) atoms. The molecule has 4 N–H and O–H groups in total. The summed E-state index contributed by atoms with van der Waals surface area (Å²) in [4.78, 5) is 10.6. The first-order valence-corrected chi connectivity index (χ1v) is 4.42. The fourth-order valence-corrected chi connectivity index (χ4v) is 1.13. The van der Waals surface area contributed by atoms with E-state index in [9.17, 15) is 4.79 Å². The van der Waals surface area contributed by atoms with Crippen molar-refractivity contribution in [1.82, 2.24) is 0 Å². The molecular formula is C10H14N2O2. The molecule has 4 heteroatoms. The number of nitrogens with two attached hydrogens (primary N) is 1. The summed E-state index contributed by atoms with van der Waals surface area (Å²) in [6.45, 7) is 1.99. The summed E-state index contributed by atoms with van der Waals surface area (Å²) in [5.41, 5.74) is 7.21. The Bertz CT molecular complexity index is 326. The van der Waals surface area contributed by atoms with Gasteiger partial charge in [-0.1, -0.05) is 18.2 Å². The van der Waals surface area contributed by atoms with Crippen LogP contribution in [0.2, 0.25) is 0 Å². The van der Waals surface area contributed by atoms with Gasteiger partial charge >= 0.3 is 5.97 Å². The quantitative estimate of drug-likeness (QED) is 0.669. The molecule has 1 unspecified atom stereocenters. The topological polar surface area (TPSA) is 75.3 Å². The molecular weight excluding hydrogens is 180 g/mol. The molecule has 0 aliphatic carbocycles. The molecule has 0 bridgehead atoms. The molecule has 1 aromatic rings. The lowest BCUT2D eigenvalue weighted by atomic mass is 10.1. The number of hydrogen-bond acceptors (Lipinski definition) is 3. The summed E-state index contributed by atoms with van der Waals surface area (Å²) in [6.07, 6.45) is 0. The molecule has 0 aromatic heterocycles. The zero-order chi connectivity index (χ0) is 10.6. The molecule has 0 aliphatic rings. The normalized spacial score (nSPS) is 12.1. The number of carbonyl (C=O) groups is 1. The van der Waals surface area contributed by atoms with Crippen molar-refractivity contribution < 1.29 is 9.90 Å². The van der Waals surface area contributed by atoms with E-state index >= 15 is 0 Å². The largest absolute Gasteiger partial charge is 0.480 e. The van der Waals surface area contributed by atoms with E-state index < -0.39 is 12.0 Å². The summed E-state index contributed by atoms with van der Waals surface area (Å²) >= 11 is 0. The first-order chi connectivity index (χ1) is 6.65. The molecule has 0 aliphatic heterocycles. The van der Waals surface area contributed by atoms with Gasteiger partial charge in [-0.2, -0.15) is 0 Å². The lowest BCUT2D eigenvalue weighted by molar-refractivity contribution is -0.137. The lowest BCUT2D eigenvalue weighted by Crippen LogP contribution is -2.26. The van der Waals surface area contributed by atoms with Crippen LogP contribution in [0.25, 0.3) is 0 Å². The number of para-hydroxylation sites is 1. The standard InChI is InChI=1S/C10H14N2O2/c1-7(10(13)14)12-9-5-3-2-4-8(9)6-11/h2-5,7,12H,6,11H2,1H3,(H,13,14). The zero-order valence-electron chi connectivity index (χ0n) is 8.03. The molecule has 0 heterocycles. The average molecular weight is 194 g/mol. The van der Waals surface area contributed by atoms with Gasteiger partial charge in [0.2, 0.25) is 0 Å². The van der Waals surface area contributed by atoms with Gasteiger partial charge in [-0.25, -0.2) is 0 Å². The van der Waals surface area contributed by atoms with E-state index in [2.05, 4.69) is 5.32 Å². The van der Waals surface area contributed by atoms with Crippen LogP contribution >= 0.6 is 0 Å². The van der Waals surface area contributed by atoms with Gasteiger partial charge < -0.3 is 16.2 Å². The van der Waals surface area contributed by atoms with Gasteiger partial charge in [-0.3, -0.25) is 4.79 Å². The van der Waals surface area contributed by atoms with Crippen LogP contribution < -0.4 is 11.1 Å². The van der Waals surface area contributed by atoms with Crippen LogP contribution in [0.1, 0.15) is 12.5 Å². The Morgan fingerprint density at radius 1 is 1.57 bits per heavy atom. The van der Waals surface area contributed by atoms with Crippen molar-refractivity contribution in [3.63, 3.8) is 0 Å². The van der Waals surface area contributed by atoms with E-state index in [1.807, 2.05) is 24.3 Å². The summed E-state index contributed by atoms with van der Waals surface area (Å²) in [5, 5.41) is 11.6. The summed E-state index contributed by atoms with van der Waals surface area (Å²) in [7, 11) is 0. The second-order valence-electron chi connectivity index (χ2n) is 3.07. The smallest absolute Gasteiger partial charge is 0.325 e. The van der Waals surface area contributed by atoms with Crippen molar-refractivity contribution in [2.75, 3.05) is 5.32 Å². The molecule has 0 amide bonds. The highest BCUT2D eigenvalue weighted by Crippen LogP contribution is 2.14. The SMILES string of the molecule is CC(Nc1ccccc1CN)C(=O)O. The molecule has 0 saturated heterocycles. The Labute approximate surface area is 82.7 Å². The highest BCUT2D eigenvalue weighted by molar-refractivity contribution is 5.77. The van der Waals surface area contributed by atoms with Crippen molar-refractivity contribution in [2.24, 2.45) is 5.73 Å². The van der Waals surface area contributed by atoms with E-state index in [-0.39, 0.29) is 0 Å². The maximum Gasteiger partial charge on any atom is 0.325 e. The number of rotatable bonds is 4. The van der Waals surface area contributed by atoms with Crippen LogP contribution in [-0.4, -0.2) is 17.1 Å². The van der Waals surface area contributed by atoms with Crippen LogP contribution in [0.3, 0.4) is 0 Å². The highest BCUT2D eigenvalue weighted by atomic mass is 16.4. The van der Waals surface area contributed by atoms with Crippen LogP contribution in [0.5, 0.6) is 0 Å². The van der Waals surface area contributed by atoms with Crippen LogP contribution in [0, 0.1) is 0 Å². The minimum atomic E-state index is -0.878. The second kappa shape index (κ2) is 4.62. The fraction of sp³-hybridized carbons (Fsp3) is 0.300. The van der Waals surface area contributed by atoms with Gasteiger partial charge in [0, 0.05) is 12.2 Å². The predicted molar refractivity (Wildman–Crippen MR) is 55.1 cm³/mol. The number of carboxylic acid groups (broad SMARTS) is 1. The van der Waals surface area contributed by atoms with Gasteiger partial charge in [0.05, 0.1) is 0 Å². The third-order valence-electron chi connectivity index (χ3n) is 1.98. The minimum absolute atomic E-state index is 0.398. The molecule has 1 rings (SSSR count). The minimum Gasteiger partial charge on any atom is -0.480 e. The van der Waals surface area contributed by atoms with Gasteiger partial charge in [0.15, 0.2) is 0 Å². The van der Waals surface area contributed by atoms with Gasteiger partial charge in [-0.15, -0.1) is 0 Å². The third kappa shape index (κ3) is 2.47. The van der Waals surface area contributed by atoms with Gasteiger partial charge in [-0.05, 0) is 18.6 Å². The first-order valence-electron chi connectivity index (χ1n) is 4.42. The van der Waals surface area contributed by atoms with Crippen LogP contribution in [0.4, 0.5) is 5.69 Å². The lowest BCUT2D eigenvalue weighted by Gasteiger charge is -2.13. The Balaban J connectivity index is 2.80. The van der Waals surface area contributed by atoms with Crippen molar-refractivity contribution in [3.05, 3.63) is 29.8 Å². The van der Waals surface area contributed by atoms with Gasteiger partial charge in [0.25, 0.3) is 0 Å². The summed E-state index contributed by atoms with van der Waals surface area (Å²) in [6, 6.07) is 6.80. The molecule has 76 valence electrons. The van der Waals surface area contributed by atoms with E-state index in [0.717, 1.165) is 11.3 Å². The Hall–Kier alpha value is -1.55. The summed E-state index contributed by atoms with van der Waals surface area (Å²) in [5.74, 6) is -0.878. The van der Waals surface area contributed by atoms with Crippen molar-refractivity contribution >= 4 is 11.7 Å². The Kier molecular flexibility index (Phi) is 3.48. The maximum atomic E-state index is 10.6. The van der Waals surface area contributed by atoms with E-state index in [1.54, 1.807) is 6.92 Å². The van der Waals surface area contributed by atoms with Gasteiger partial charge in [0.1, 0.15) is 6.04 Å². The van der Waals surface area contributed by atoms with E-state index in [4.69, 9.17) is 10.8 Å². The Morgan fingerprint density at radius 2 is 2.21 bits per heavy atom. The van der Waals surface area contributed by atoms with Crippen molar-refractivity contribution in [1.29, 1.82) is 0 Å². The predicted octanol–water partition coefficient (Wildman–Crippen LogP) is 1.03. The maximum absolute atomic E-state index is 10.6. The molecule has 0 fully saturated rings. The number of aliphatic carboxylic acids is 1. The fourth-order valence-electron chi connectivity index (χ4n) is 1.13. The molecule has 1 atom stereocenters. The molecule has 0 saturated carbocycles. The van der Waals surface area contributed by atoms with E-state index in [1.165, 1.54) is 0 Å². The summed E-state index contributed by atoms with van der Waals surface area (Å²) < 4.78 is 0. The Morgan fingerprint density at radius 3 is 2.79 bits per heavy atom. The molecule has 0 spiro atoms. The van der Waals surface area contributed by atoms with E-state index in [0.29, 0.717) is 6.54 Å². The molecule has 4 nitrogen and oxygen atoms in total. The number of anilines is 1. The number of hydrogen-bond donors (Lipinski definition) is 3. The van der Waals surface area contributed by atoms with Crippen LogP contribution in [-0.2, 0) is 11.3 Å². The highest BCUT2D eigenvalue weighted by Gasteiger charge is 2.11. The monoisotopic (exact) mass is 194 g/mol. The van der Waals surface area contributed by atoms with Crippen molar-refractivity contribution in [2.45, 2.75) is 19.5 Å². The van der Waals surface area contributed by atoms with Crippen LogP contribution in [0.15, 0.2) is 24.3 Å². The molecule has 0 radical (unpaired) electrons. The average Bonchev–Trinajstić information content (AvgIpc) is 2.18. The number of nitrogens with one attached hydrogen (secondary N) is 1. The molecule has 1 aromatic carbocycles. The zero-order valence-corrected chi connectivity index (χ0v) is 8.03. The second-order valence-corrected chi connectivity index (χ2v) is 3.07.